The molecule has 0 radical (unpaired) electrons. The summed E-state index contributed by atoms with van der Waals surface area (Å²) in [5.41, 5.74) is 6.50. The van der Waals surface area contributed by atoms with Crippen LogP contribution in [-0.2, 0) is 15.6 Å². The van der Waals surface area contributed by atoms with E-state index in [9.17, 15) is 8.42 Å². The van der Waals surface area contributed by atoms with E-state index in [1.54, 1.807) is 0 Å². The van der Waals surface area contributed by atoms with E-state index in [0.717, 1.165) is 31.4 Å². The second-order valence-corrected chi connectivity index (χ2v) is 7.36. The Morgan fingerprint density at radius 1 is 1.50 bits per heavy atom. The molecule has 2 saturated carbocycles. The lowest BCUT2D eigenvalue weighted by Crippen LogP contribution is -2.20. The van der Waals surface area contributed by atoms with E-state index >= 15 is 0 Å². The molecule has 3 rings (SSSR count). The summed E-state index contributed by atoms with van der Waals surface area (Å²) < 4.78 is 25.8. The summed E-state index contributed by atoms with van der Waals surface area (Å²) in [6, 6.07) is 0. The lowest BCUT2D eigenvalue weighted by Gasteiger charge is -2.04. The molecular weight excluding hydrogens is 246 g/mol. The number of anilines is 1. The van der Waals surface area contributed by atoms with E-state index in [2.05, 4.69) is 9.71 Å². The average Bonchev–Trinajstić information content (AvgIpc) is 3.10. The number of sulfonamides is 1. The van der Waals surface area contributed by atoms with Gasteiger partial charge in [-0.2, -0.15) is 0 Å². The molecule has 0 bridgehead atoms. The molecule has 2 fully saturated rings. The summed E-state index contributed by atoms with van der Waals surface area (Å²) in [6.45, 7) is 0. The van der Waals surface area contributed by atoms with Crippen molar-refractivity contribution in [2.75, 3.05) is 4.72 Å². The maximum Gasteiger partial charge on any atom is 0.237 e. The van der Waals surface area contributed by atoms with Crippen molar-refractivity contribution in [1.29, 1.82) is 0 Å². The third-order valence-corrected chi connectivity index (χ3v) is 5.71. The molecule has 1 aromatic heterocycles. The fraction of sp³-hybridized carbons (Fsp3) is 0.667. The molecule has 2 aliphatic rings. The van der Waals surface area contributed by atoms with E-state index in [0.29, 0.717) is 5.13 Å². The maximum absolute atomic E-state index is 11.7. The summed E-state index contributed by atoms with van der Waals surface area (Å²) in [7, 11) is -3.19. The van der Waals surface area contributed by atoms with Crippen molar-refractivity contribution in [3.63, 3.8) is 0 Å². The van der Waals surface area contributed by atoms with Crippen LogP contribution in [0.15, 0.2) is 5.38 Å². The highest BCUT2D eigenvalue weighted by molar-refractivity contribution is 7.93. The van der Waals surface area contributed by atoms with Crippen molar-refractivity contribution in [2.45, 2.75) is 36.5 Å². The highest BCUT2D eigenvalue weighted by Gasteiger charge is 2.42. The Morgan fingerprint density at radius 3 is 2.75 bits per heavy atom. The van der Waals surface area contributed by atoms with Crippen LogP contribution in [0.4, 0.5) is 5.13 Å². The molecule has 2 aliphatic carbocycles. The van der Waals surface area contributed by atoms with Crippen LogP contribution in [0.3, 0.4) is 0 Å². The minimum Gasteiger partial charge on any atom is -0.320 e. The van der Waals surface area contributed by atoms with E-state index in [4.69, 9.17) is 5.73 Å². The van der Waals surface area contributed by atoms with Crippen LogP contribution in [0.1, 0.15) is 31.4 Å². The molecule has 0 aliphatic heterocycles. The number of aromatic nitrogens is 1. The normalized spacial score (nSPS) is 23.1. The minimum absolute atomic E-state index is 0.215. The number of hydrogen-bond acceptors (Lipinski definition) is 5. The maximum atomic E-state index is 11.7. The zero-order valence-corrected chi connectivity index (χ0v) is 10.3. The predicted octanol–water partition coefficient (Wildman–Crippen LogP) is 0.995. The molecule has 1 heterocycles. The van der Waals surface area contributed by atoms with Gasteiger partial charge in [0, 0.05) is 5.38 Å². The van der Waals surface area contributed by atoms with E-state index in [1.807, 2.05) is 5.38 Å². The first-order valence-electron chi connectivity index (χ1n) is 5.26. The summed E-state index contributed by atoms with van der Waals surface area (Å²) in [6.07, 6.45) is 3.39. The van der Waals surface area contributed by atoms with Gasteiger partial charge < -0.3 is 5.73 Å². The fourth-order valence-corrected chi connectivity index (χ4v) is 3.94. The fourth-order valence-electron chi connectivity index (χ4n) is 1.52. The summed E-state index contributed by atoms with van der Waals surface area (Å²) in [4.78, 5) is 4.24. The van der Waals surface area contributed by atoms with E-state index in [-0.39, 0.29) is 10.8 Å². The predicted molar refractivity (Wildman–Crippen MR) is 62.8 cm³/mol. The van der Waals surface area contributed by atoms with Gasteiger partial charge in [0.05, 0.1) is 16.5 Å². The van der Waals surface area contributed by atoms with Crippen molar-refractivity contribution in [3.8, 4) is 0 Å². The van der Waals surface area contributed by atoms with Crippen LogP contribution in [0.25, 0.3) is 0 Å². The van der Waals surface area contributed by atoms with Crippen molar-refractivity contribution >= 4 is 26.5 Å². The highest BCUT2D eigenvalue weighted by Crippen LogP contribution is 2.43. The van der Waals surface area contributed by atoms with Crippen molar-refractivity contribution in [3.05, 3.63) is 11.1 Å². The molecule has 5 nitrogen and oxygen atoms in total. The Bertz CT molecular complexity index is 515. The van der Waals surface area contributed by atoms with Crippen molar-refractivity contribution in [2.24, 2.45) is 5.73 Å². The van der Waals surface area contributed by atoms with Gasteiger partial charge in [-0.25, -0.2) is 13.4 Å². The number of nitrogens with one attached hydrogen (secondary N) is 1. The van der Waals surface area contributed by atoms with Crippen LogP contribution in [0.2, 0.25) is 0 Å². The monoisotopic (exact) mass is 259 g/mol. The number of rotatable bonds is 4. The van der Waals surface area contributed by atoms with Crippen LogP contribution in [0.5, 0.6) is 0 Å². The lowest BCUT2D eigenvalue weighted by atomic mass is 10.2. The molecule has 0 amide bonds. The molecule has 7 heteroatoms. The smallest absolute Gasteiger partial charge is 0.237 e. The third kappa shape index (κ3) is 1.83. The minimum atomic E-state index is -3.19. The van der Waals surface area contributed by atoms with Crippen molar-refractivity contribution in [1.82, 2.24) is 4.98 Å². The zero-order valence-electron chi connectivity index (χ0n) is 8.64. The summed E-state index contributed by atoms with van der Waals surface area (Å²) in [5, 5.41) is 2.07. The second kappa shape index (κ2) is 3.18. The second-order valence-electron chi connectivity index (χ2n) is 4.54. The van der Waals surface area contributed by atoms with Gasteiger partial charge in [0.1, 0.15) is 0 Å². The van der Waals surface area contributed by atoms with Crippen LogP contribution >= 0.6 is 11.3 Å². The number of hydrogen-bond donors (Lipinski definition) is 2. The number of nitrogens with zero attached hydrogens (tertiary/aromatic N) is 1. The molecule has 0 saturated heterocycles. The molecule has 0 aromatic carbocycles. The number of thiazole rings is 1. The SMILES string of the molecule is NC1(c2csc(NS(=O)(=O)C3CC3)n2)CC1. The van der Waals surface area contributed by atoms with Crippen LogP contribution < -0.4 is 10.5 Å². The Kier molecular flexibility index (Phi) is 2.08. The molecule has 88 valence electrons. The molecular formula is C9H13N3O2S2. The van der Waals surface area contributed by atoms with Crippen molar-refractivity contribution < 1.29 is 8.42 Å². The molecule has 1 aromatic rings. The van der Waals surface area contributed by atoms with Gasteiger partial charge in [0.15, 0.2) is 5.13 Å². The van der Waals surface area contributed by atoms with Gasteiger partial charge in [0.2, 0.25) is 10.0 Å². The molecule has 16 heavy (non-hydrogen) atoms. The Balaban J connectivity index is 1.78. The molecule has 3 N–H and O–H groups in total. The van der Waals surface area contributed by atoms with Gasteiger partial charge in [-0.05, 0) is 25.7 Å². The molecule has 0 atom stereocenters. The largest absolute Gasteiger partial charge is 0.320 e. The first kappa shape index (κ1) is 10.5. The standard InChI is InChI=1S/C9H13N3O2S2/c10-9(3-4-9)7-5-15-8(11-7)12-16(13,14)6-1-2-6/h5-6H,1-4,10H2,(H,11,12). The zero-order chi connectivity index (χ0) is 11.4. The average molecular weight is 259 g/mol. The number of nitrogens with two attached hydrogens (primary N) is 1. The van der Waals surface area contributed by atoms with E-state index < -0.39 is 10.0 Å². The van der Waals surface area contributed by atoms with Gasteiger partial charge in [-0.1, -0.05) is 0 Å². The van der Waals surface area contributed by atoms with Gasteiger partial charge in [0.25, 0.3) is 0 Å². The Morgan fingerprint density at radius 2 is 2.19 bits per heavy atom. The topological polar surface area (TPSA) is 85.1 Å². The molecule has 0 spiro atoms. The quantitative estimate of drug-likeness (QED) is 0.844. The first-order chi connectivity index (χ1) is 7.50. The van der Waals surface area contributed by atoms with Crippen LogP contribution in [-0.4, -0.2) is 18.7 Å². The van der Waals surface area contributed by atoms with Gasteiger partial charge >= 0.3 is 0 Å². The lowest BCUT2D eigenvalue weighted by molar-refractivity contribution is 0.600. The first-order valence-corrected chi connectivity index (χ1v) is 7.69. The summed E-state index contributed by atoms with van der Waals surface area (Å²) >= 11 is 1.31. The van der Waals surface area contributed by atoms with Gasteiger partial charge in [-0.3, -0.25) is 4.72 Å². The Hall–Kier alpha value is -0.660. The third-order valence-electron chi connectivity index (χ3n) is 3.00. The van der Waals surface area contributed by atoms with Crippen LogP contribution in [0, 0.1) is 0 Å². The van der Waals surface area contributed by atoms with Gasteiger partial charge in [-0.15, -0.1) is 11.3 Å². The van der Waals surface area contributed by atoms with E-state index in [1.165, 1.54) is 11.3 Å². The Labute approximate surface area is 98.1 Å². The summed E-state index contributed by atoms with van der Waals surface area (Å²) in [5.74, 6) is 0. The molecule has 0 unspecified atom stereocenters. The highest BCUT2D eigenvalue weighted by atomic mass is 32.2.